The topological polar surface area (TPSA) is 116 Å². The first-order valence-corrected chi connectivity index (χ1v) is 12.3. The number of thioether (sulfide) groups is 1. The number of rotatable bonds is 8. The Hall–Kier alpha value is -3.07. The van der Waals surface area contributed by atoms with Crippen LogP contribution in [0.25, 0.3) is 11.1 Å². The largest absolute Gasteiger partial charge is 0.481 e. The Bertz CT molecular complexity index is 1020. The maximum absolute atomic E-state index is 14.0. The van der Waals surface area contributed by atoms with Gasteiger partial charge < -0.3 is 20.8 Å². The van der Waals surface area contributed by atoms with E-state index in [1.807, 2.05) is 42.1 Å². The minimum atomic E-state index is -0.957. The predicted octanol–water partition coefficient (Wildman–Crippen LogP) is 4.48. The number of aliphatic carboxylic acids is 2. The summed E-state index contributed by atoms with van der Waals surface area (Å²) in [6.45, 7) is 1.54. The van der Waals surface area contributed by atoms with Gasteiger partial charge in [-0.2, -0.15) is 11.8 Å². The Morgan fingerprint density at radius 2 is 1.85 bits per heavy atom. The number of hydrogen-bond donors (Lipinski definition) is 4. The van der Waals surface area contributed by atoms with E-state index >= 15 is 0 Å². The minimum absolute atomic E-state index is 0.0640. The number of urea groups is 1. The van der Waals surface area contributed by atoms with Crippen molar-refractivity contribution in [1.29, 1.82) is 0 Å². The summed E-state index contributed by atoms with van der Waals surface area (Å²) in [5, 5.41) is 23.7. The second-order valence-corrected chi connectivity index (χ2v) is 9.70. The molecule has 4 atom stereocenters. The summed E-state index contributed by atoms with van der Waals surface area (Å²) in [4.78, 5) is 32.3. The summed E-state index contributed by atoms with van der Waals surface area (Å²) in [5.41, 5.74) is 1.74. The average molecular weight is 489 g/mol. The first-order valence-electron chi connectivity index (χ1n) is 11.2. The molecule has 2 amide bonds. The molecule has 2 fully saturated rings. The Kier molecular flexibility index (Phi) is 8.92. The van der Waals surface area contributed by atoms with Gasteiger partial charge in [-0.05, 0) is 37.0 Å². The zero-order chi connectivity index (χ0) is 24.7. The molecule has 34 heavy (non-hydrogen) atoms. The van der Waals surface area contributed by atoms with Crippen molar-refractivity contribution in [3.63, 3.8) is 0 Å². The quantitative estimate of drug-likeness (QED) is 0.322. The molecule has 182 valence electrons. The van der Waals surface area contributed by atoms with Gasteiger partial charge >= 0.3 is 18.0 Å². The zero-order valence-corrected chi connectivity index (χ0v) is 19.7. The number of carboxylic acids is 2. The number of hydrogen-bond acceptors (Lipinski definition) is 4. The number of halogens is 1. The number of fused-ring (bicyclic) bond motifs is 1. The molecule has 0 radical (unpaired) electrons. The molecule has 9 heteroatoms. The van der Waals surface area contributed by atoms with Crippen LogP contribution in [-0.2, 0) is 9.59 Å². The number of unbranched alkanes of at least 4 members (excludes halogenated alkanes) is 1. The van der Waals surface area contributed by atoms with Crippen LogP contribution in [0.3, 0.4) is 0 Å². The average Bonchev–Trinajstić information content (AvgIpc) is 3.36. The number of amides is 2. The van der Waals surface area contributed by atoms with Gasteiger partial charge in [0.2, 0.25) is 0 Å². The molecule has 2 aromatic rings. The van der Waals surface area contributed by atoms with Crippen LogP contribution < -0.4 is 10.6 Å². The number of benzene rings is 2. The van der Waals surface area contributed by atoms with Crippen LogP contribution in [0.15, 0.2) is 48.5 Å². The minimum Gasteiger partial charge on any atom is -0.481 e. The van der Waals surface area contributed by atoms with Gasteiger partial charge in [0.25, 0.3) is 0 Å². The third-order valence-electron chi connectivity index (χ3n) is 6.02. The number of nitrogens with one attached hydrogen (secondary N) is 2. The van der Waals surface area contributed by atoms with Crippen LogP contribution in [0.5, 0.6) is 0 Å². The first kappa shape index (κ1) is 25.6. The van der Waals surface area contributed by atoms with Crippen LogP contribution in [-0.4, -0.2) is 51.3 Å². The van der Waals surface area contributed by atoms with Crippen molar-refractivity contribution in [2.45, 2.75) is 55.9 Å². The predicted molar refractivity (Wildman–Crippen MR) is 129 cm³/mol. The highest BCUT2D eigenvalue weighted by Crippen LogP contribution is 2.33. The van der Waals surface area contributed by atoms with E-state index in [-0.39, 0.29) is 24.5 Å². The Balaban J connectivity index is 0.000000192. The maximum atomic E-state index is 14.0. The van der Waals surface area contributed by atoms with Gasteiger partial charge in [0, 0.05) is 23.0 Å². The molecule has 1 unspecified atom stereocenters. The van der Waals surface area contributed by atoms with Crippen LogP contribution in [0, 0.1) is 5.82 Å². The molecular formula is C25H29FN2O5S. The van der Waals surface area contributed by atoms with E-state index < -0.39 is 23.7 Å². The van der Waals surface area contributed by atoms with Crippen molar-refractivity contribution in [2.24, 2.45) is 0 Å². The van der Waals surface area contributed by atoms with Crippen LogP contribution in [0.2, 0.25) is 0 Å². The molecule has 7 nitrogen and oxygen atoms in total. The molecule has 4 rings (SSSR count). The van der Waals surface area contributed by atoms with Crippen LogP contribution in [0.4, 0.5) is 9.18 Å². The van der Waals surface area contributed by atoms with E-state index in [4.69, 9.17) is 10.2 Å². The lowest BCUT2D eigenvalue weighted by Crippen LogP contribution is -2.36. The molecule has 0 aliphatic carbocycles. The third-order valence-corrected chi connectivity index (χ3v) is 7.52. The van der Waals surface area contributed by atoms with E-state index in [0.717, 1.165) is 30.6 Å². The maximum Gasteiger partial charge on any atom is 0.315 e. The van der Waals surface area contributed by atoms with Crippen LogP contribution in [0.1, 0.15) is 44.1 Å². The van der Waals surface area contributed by atoms with Crippen molar-refractivity contribution >= 4 is 29.7 Å². The summed E-state index contributed by atoms with van der Waals surface area (Å²) in [6, 6.07) is 14.2. The van der Waals surface area contributed by atoms with Crippen molar-refractivity contribution in [3.05, 3.63) is 59.9 Å². The summed E-state index contributed by atoms with van der Waals surface area (Å²) >= 11 is 1.87. The zero-order valence-electron chi connectivity index (χ0n) is 18.9. The molecule has 2 saturated heterocycles. The second kappa shape index (κ2) is 11.9. The van der Waals surface area contributed by atoms with E-state index in [9.17, 15) is 18.8 Å². The van der Waals surface area contributed by atoms with Gasteiger partial charge in [0.15, 0.2) is 0 Å². The normalized spacial score (nSPS) is 21.5. The fourth-order valence-corrected chi connectivity index (χ4v) is 5.60. The van der Waals surface area contributed by atoms with Crippen LogP contribution >= 0.6 is 11.8 Å². The van der Waals surface area contributed by atoms with Crippen molar-refractivity contribution < 1.29 is 29.0 Å². The lowest BCUT2D eigenvalue weighted by Gasteiger charge is -2.16. The highest BCUT2D eigenvalue weighted by atomic mass is 32.2. The Morgan fingerprint density at radius 1 is 1.12 bits per heavy atom. The first-order chi connectivity index (χ1) is 16.3. The molecule has 2 aliphatic heterocycles. The highest BCUT2D eigenvalue weighted by Gasteiger charge is 2.42. The molecule has 0 bridgehead atoms. The molecule has 0 aromatic heterocycles. The highest BCUT2D eigenvalue weighted by molar-refractivity contribution is 8.00. The van der Waals surface area contributed by atoms with Gasteiger partial charge in [-0.15, -0.1) is 0 Å². The summed E-state index contributed by atoms with van der Waals surface area (Å²) in [7, 11) is 0. The third kappa shape index (κ3) is 6.72. The number of carbonyl (C=O) groups excluding carboxylic acids is 1. The smallest absolute Gasteiger partial charge is 0.315 e. The van der Waals surface area contributed by atoms with Crippen molar-refractivity contribution in [3.8, 4) is 11.1 Å². The van der Waals surface area contributed by atoms with E-state index in [0.29, 0.717) is 16.4 Å². The van der Waals surface area contributed by atoms with E-state index in [1.165, 1.54) is 6.07 Å². The summed E-state index contributed by atoms with van der Waals surface area (Å²) in [5.74, 6) is -1.82. The Labute approximate surface area is 202 Å². The Morgan fingerprint density at radius 3 is 2.50 bits per heavy atom. The van der Waals surface area contributed by atoms with Gasteiger partial charge in [0.1, 0.15) is 5.82 Å². The molecule has 2 aromatic carbocycles. The van der Waals surface area contributed by atoms with Gasteiger partial charge in [-0.1, -0.05) is 48.9 Å². The van der Waals surface area contributed by atoms with E-state index in [1.54, 1.807) is 19.1 Å². The fourth-order valence-electron chi connectivity index (χ4n) is 4.06. The lowest BCUT2D eigenvalue weighted by molar-refractivity contribution is -0.138. The molecule has 0 spiro atoms. The van der Waals surface area contributed by atoms with Crippen molar-refractivity contribution in [1.82, 2.24) is 10.6 Å². The van der Waals surface area contributed by atoms with Gasteiger partial charge in [0.05, 0.1) is 18.0 Å². The molecular weight excluding hydrogens is 459 g/mol. The number of carboxylic acid groups (broad SMARTS) is 2. The second-order valence-electron chi connectivity index (χ2n) is 8.43. The monoisotopic (exact) mass is 488 g/mol. The van der Waals surface area contributed by atoms with Crippen molar-refractivity contribution in [2.75, 3.05) is 5.75 Å². The number of carbonyl (C=O) groups is 3. The van der Waals surface area contributed by atoms with Gasteiger partial charge in [-0.25, -0.2) is 9.18 Å². The standard InChI is InChI=1S/C15H13FO2.C10H16N2O3S/c1-10(15(17)18)12-7-8-13(14(16)9-12)11-5-3-2-4-6-11;13-8(14)4-2-1-3-7-9-6(5-16-7)11-10(15)12-9/h2-10H,1H3,(H,17,18);6-7,9H,1-5H2,(H,13,14)(H2,11,12,15)/t;6-,7-,9-/m.0/s1. The molecule has 2 heterocycles. The van der Waals surface area contributed by atoms with Gasteiger partial charge in [-0.3, -0.25) is 9.59 Å². The lowest BCUT2D eigenvalue weighted by atomic mass is 9.97. The van der Waals surface area contributed by atoms with E-state index in [2.05, 4.69) is 10.6 Å². The molecule has 2 aliphatic rings. The molecule has 0 saturated carbocycles. The SMILES string of the molecule is CC(C(=O)O)c1ccc(-c2ccccc2)c(F)c1.O=C(O)CCCC[C@@H]1SC[C@@H]2NC(=O)N[C@@H]21. The molecule has 4 N–H and O–H groups in total. The summed E-state index contributed by atoms with van der Waals surface area (Å²) < 4.78 is 14.0. The summed E-state index contributed by atoms with van der Waals surface area (Å²) in [6.07, 6.45) is 2.88. The fraction of sp³-hybridized carbons (Fsp3) is 0.400.